The quantitative estimate of drug-likeness (QED) is 0.0420. The van der Waals surface area contributed by atoms with Crippen LogP contribution in [0.2, 0.25) is 0 Å². The molecule has 0 aliphatic rings. The summed E-state index contributed by atoms with van der Waals surface area (Å²) in [6.45, 7) is 4.20. The van der Waals surface area contributed by atoms with Gasteiger partial charge in [-0.15, -0.1) is 0 Å². The van der Waals surface area contributed by atoms with Crippen LogP contribution in [-0.4, -0.2) is 34.9 Å². The molecule has 4 heteroatoms. The second kappa shape index (κ2) is 68.1. The number of aliphatic hydroxyl groups is 2. The minimum Gasteiger partial charge on any atom is -0.394 e. The minimum absolute atomic E-state index is 0.0808. The zero-order valence-electron chi connectivity index (χ0n) is 51.7. The van der Waals surface area contributed by atoms with E-state index in [0.717, 1.165) is 83.5 Å². The molecule has 0 heterocycles. The number of nitrogens with one attached hydrogen (secondary N) is 1. The summed E-state index contributed by atoms with van der Waals surface area (Å²) in [6, 6.07) is -0.656. The number of rotatable bonds is 61. The van der Waals surface area contributed by atoms with E-state index in [1.54, 1.807) is 6.08 Å². The van der Waals surface area contributed by atoms with Crippen LogP contribution < -0.4 is 5.32 Å². The molecule has 2 atom stereocenters. The van der Waals surface area contributed by atoms with Gasteiger partial charge in [0.2, 0.25) is 5.91 Å². The van der Waals surface area contributed by atoms with Gasteiger partial charge in [0, 0.05) is 6.42 Å². The maximum Gasteiger partial charge on any atom is 0.220 e. The van der Waals surface area contributed by atoms with Crippen LogP contribution in [0.25, 0.3) is 0 Å². The Morgan fingerprint density at radius 3 is 0.897 bits per heavy atom. The van der Waals surface area contributed by atoms with E-state index in [-0.39, 0.29) is 12.5 Å². The monoisotopic (exact) mass is 1080 g/mol. The van der Waals surface area contributed by atoms with Crippen LogP contribution in [0.15, 0.2) is 122 Å². The van der Waals surface area contributed by atoms with Crippen LogP contribution in [0.3, 0.4) is 0 Å². The van der Waals surface area contributed by atoms with E-state index in [2.05, 4.69) is 129 Å². The van der Waals surface area contributed by atoms with Gasteiger partial charge in [0.1, 0.15) is 0 Å². The third kappa shape index (κ3) is 63.6. The highest BCUT2D eigenvalue weighted by atomic mass is 16.3. The summed E-state index contributed by atoms with van der Waals surface area (Å²) in [7, 11) is 0. The summed E-state index contributed by atoms with van der Waals surface area (Å²) >= 11 is 0. The summed E-state index contributed by atoms with van der Waals surface area (Å²) in [4.78, 5) is 12.5. The van der Waals surface area contributed by atoms with Crippen molar-refractivity contribution in [2.75, 3.05) is 6.61 Å². The molecule has 0 aliphatic heterocycles. The van der Waals surface area contributed by atoms with E-state index in [1.807, 2.05) is 6.08 Å². The molecular weight excluding hydrogens is 951 g/mol. The molecule has 0 rings (SSSR count). The van der Waals surface area contributed by atoms with Crippen molar-refractivity contribution in [3.05, 3.63) is 122 Å². The summed E-state index contributed by atoms with van der Waals surface area (Å²) in [5.74, 6) is -0.0808. The Morgan fingerprint density at radius 2 is 0.577 bits per heavy atom. The van der Waals surface area contributed by atoms with Crippen molar-refractivity contribution in [2.45, 2.75) is 334 Å². The lowest BCUT2D eigenvalue weighted by molar-refractivity contribution is -0.123. The van der Waals surface area contributed by atoms with Gasteiger partial charge in [0.25, 0.3) is 0 Å². The van der Waals surface area contributed by atoms with Crippen LogP contribution in [0, 0.1) is 0 Å². The van der Waals surface area contributed by atoms with E-state index in [9.17, 15) is 15.0 Å². The lowest BCUT2D eigenvalue weighted by Gasteiger charge is -2.19. The van der Waals surface area contributed by atoms with E-state index < -0.39 is 12.1 Å². The average molecular weight is 1080 g/mol. The summed E-state index contributed by atoms with van der Waals surface area (Å²) in [6.07, 6.45) is 104. The third-order valence-corrected chi connectivity index (χ3v) is 14.9. The molecule has 0 bridgehead atoms. The predicted octanol–water partition coefficient (Wildman–Crippen LogP) is 23.2. The molecule has 0 aromatic carbocycles. The molecule has 1 amide bonds. The van der Waals surface area contributed by atoms with Gasteiger partial charge in [-0.3, -0.25) is 4.79 Å². The molecule has 0 saturated carbocycles. The Bertz CT molecular complexity index is 1510. The Hall–Kier alpha value is -3.21. The summed E-state index contributed by atoms with van der Waals surface area (Å²) in [5, 5.41) is 23.2. The van der Waals surface area contributed by atoms with Gasteiger partial charge in [-0.25, -0.2) is 0 Å². The smallest absolute Gasteiger partial charge is 0.220 e. The lowest BCUT2D eigenvalue weighted by Crippen LogP contribution is -2.45. The fourth-order valence-corrected chi connectivity index (χ4v) is 9.84. The van der Waals surface area contributed by atoms with Crippen molar-refractivity contribution in [3.63, 3.8) is 0 Å². The second-order valence-corrected chi connectivity index (χ2v) is 22.5. The molecule has 448 valence electrons. The van der Waals surface area contributed by atoms with Gasteiger partial charge < -0.3 is 15.5 Å². The highest BCUT2D eigenvalue weighted by molar-refractivity contribution is 5.76. The zero-order chi connectivity index (χ0) is 56.2. The first-order valence-corrected chi connectivity index (χ1v) is 33.7. The number of hydrogen-bond acceptors (Lipinski definition) is 3. The van der Waals surface area contributed by atoms with Crippen LogP contribution in [-0.2, 0) is 4.79 Å². The van der Waals surface area contributed by atoms with Gasteiger partial charge in [0.05, 0.1) is 18.8 Å². The number of hydrogen-bond donors (Lipinski definition) is 3. The average Bonchev–Trinajstić information content (AvgIpc) is 3.44. The molecule has 0 aromatic rings. The Labute approximate surface area is 486 Å². The van der Waals surface area contributed by atoms with E-state index >= 15 is 0 Å². The fourth-order valence-electron chi connectivity index (χ4n) is 9.84. The van der Waals surface area contributed by atoms with Crippen molar-refractivity contribution in [1.82, 2.24) is 5.32 Å². The van der Waals surface area contributed by atoms with Gasteiger partial charge in [0.15, 0.2) is 0 Å². The maximum absolute atomic E-state index is 12.5. The molecular formula is C74H129NO3. The first-order valence-electron chi connectivity index (χ1n) is 33.7. The molecule has 4 nitrogen and oxygen atoms in total. The van der Waals surface area contributed by atoms with Gasteiger partial charge in [-0.2, -0.15) is 0 Å². The Balaban J connectivity index is 3.56. The minimum atomic E-state index is -0.880. The van der Waals surface area contributed by atoms with Crippen molar-refractivity contribution in [3.8, 4) is 0 Å². The van der Waals surface area contributed by atoms with Crippen molar-refractivity contribution in [1.29, 1.82) is 0 Å². The zero-order valence-corrected chi connectivity index (χ0v) is 51.7. The molecule has 0 saturated heterocycles. The van der Waals surface area contributed by atoms with Crippen molar-refractivity contribution >= 4 is 5.91 Å². The summed E-state index contributed by atoms with van der Waals surface area (Å²) < 4.78 is 0. The number of carbonyl (C=O) groups excluding carboxylic acids is 1. The molecule has 0 radical (unpaired) electrons. The molecule has 0 aliphatic carbocycles. The normalized spacial score (nSPS) is 13.5. The van der Waals surface area contributed by atoms with Gasteiger partial charge >= 0.3 is 0 Å². The van der Waals surface area contributed by atoms with Crippen LogP contribution >= 0.6 is 0 Å². The largest absolute Gasteiger partial charge is 0.394 e. The maximum atomic E-state index is 12.5. The molecule has 3 N–H and O–H groups in total. The topological polar surface area (TPSA) is 69.6 Å². The standard InChI is InChI=1S/C74H129NO3/c1-3-5-7-9-11-13-15-17-19-21-23-25-27-29-31-33-35-36-37-38-40-42-44-46-48-50-52-54-56-58-60-62-64-66-68-70-74(78)75-72(71-76)73(77)69-67-65-63-61-59-57-55-53-51-49-47-45-43-41-39-34-32-30-28-26-24-22-20-18-16-14-12-10-8-6-4-2/h5,7,11,13,17,19,23,25,29,31,35-36,38,40,51,53,59,61,67,69,72-73,76-77H,3-4,6,8-10,12,14-16,18,20-22,24,26-28,30,32-34,37,39,41-50,52,54-58,60,62-66,68,70-71H2,1-2H3,(H,75,78)/b7-5-,13-11-,19-17-,25-23-,31-29-,36-35-,40-38-,53-51+,61-59+,69-67+. The molecule has 0 aromatic heterocycles. The SMILES string of the molecule is CC/C=C\C/C=C\C/C=C\C/C=C\C/C=C\C/C=C\C/C=C\CCCCCCCCCCCCCCCC(=O)NC(CO)C(O)/C=C/CC/C=C/CC/C=C/CCCCCCCCCCCCCCCCCCCCCCC. The van der Waals surface area contributed by atoms with Gasteiger partial charge in [-0.05, 0) is 103 Å². The molecule has 0 fully saturated rings. The van der Waals surface area contributed by atoms with E-state index in [0.29, 0.717) is 6.42 Å². The highest BCUT2D eigenvalue weighted by Gasteiger charge is 2.18. The summed E-state index contributed by atoms with van der Waals surface area (Å²) in [5.41, 5.74) is 0. The van der Waals surface area contributed by atoms with E-state index in [4.69, 9.17) is 0 Å². The molecule has 2 unspecified atom stereocenters. The highest BCUT2D eigenvalue weighted by Crippen LogP contribution is 2.17. The first-order chi connectivity index (χ1) is 38.7. The lowest BCUT2D eigenvalue weighted by atomic mass is 10.0. The number of amides is 1. The Kier molecular flexibility index (Phi) is 65.3. The fraction of sp³-hybridized carbons (Fsp3) is 0.716. The number of allylic oxidation sites excluding steroid dienone is 19. The first kappa shape index (κ1) is 74.8. The van der Waals surface area contributed by atoms with Gasteiger partial charge in [-0.1, -0.05) is 334 Å². The van der Waals surface area contributed by atoms with Crippen molar-refractivity contribution in [2.24, 2.45) is 0 Å². The van der Waals surface area contributed by atoms with Crippen molar-refractivity contribution < 1.29 is 15.0 Å². The molecule has 0 spiro atoms. The number of unbranched alkanes of at least 4 members (excludes halogenated alkanes) is 36. The van der Waals surface area contributed by atoms with Crippen LogP contribution in [0.5, 0.6) is 0 Å². The predicted molar refractivity (Wildman–Crippen MR) is 349 cm³/mol. The number of aliphatic hydroxyl groups excluding tert-OH is 2. The van der Waals surface area contributed by atoms with E-state index in [1.165, 1.54) is 218 Å². The number of carbonyl (C=O) groups is 1. The Morgan fingerprint density at radius 1 is 0.321 bits per heavy atom. The molecule has 78 heavy (non-hydrogen) atoms. The third-order valence-electron chi connectivity index (χ3n) is 14.9. The van der Waals surface area contributed by atoms with Crippen LogP contribution in [0.1, 0.15) is 322 Å². The second-order valence-electron chi connectivity index (χ2n) is 22.5. The van der Waals surface area contributed by atoms with Crippen LogP contribution in [0.4, 0.5) is 0 Å².